The van der Waals surface area contributed by atoms with Crippen LogP contribution in [0.5, 0.6) is 5.75 Å². The van der Waals surface area contributed by atoms with Crippen molar-refractivity contribution in [3.63, 3.8) is 0 Å². The van der Waals surface area contributed by atoms with Gasteiger partial charge in [0.25, 0.3) is 5.91 Å². The molecule has 3 rings (SSSR count). The molecule has 1 aromatic rings. The number of hydrogen-bond donors (Lipinski definition) is 0. The van der Waals surface area contributed by atoms with E-state index in [2.05, 4.69) is 0 Å². The molecule has 1 amide bonds. The average molecular weight is 426 g/mol. The zero-order valence-electron chi connectivity index (χ0n) is 16.4. The predicted octanol–water partition coefficient (Wildman–Crippen LogP) is 0.505. The first-order valence-electron chi connectivity index (χ1n) is 9.57. The second kappa shape index (κ2) is 9.55. The van der Waals surface area contributed by atoms with Gasteiger partial charge in [0.15, 0.2) is 6.61 Å². The van der Waals surface area contributed by atoms with Gasteiger partial charge in [0.2, 0.25) is 10.0 Å². The lowest BCUT2D eigenvalue weighted by atomic mass is 10.2. The summed E-state index contributed by atoms with van der Waals surface area (Å²) in [5, 5.41) is 0. The molecule has 0 spiro atoms. The van der Waals surface area contributed by atoms with Crippen LogP contribution in [0.25, 0.3) is 0 Å². The van der Waals surface area contributed by atoms with E-state index in [1.807, 2.05) is 0 Å². The van der Waals surface area contributed by atoms with Crippen LogP contribution < -0.4 is 4.74 Å². The van der Waals surface area contributed by atoms with Gasteiger partial charge in [-0.1, -0.05) is 0 Å². The van der Waals surface area contributed by atoms with Crippen LogP contribution in [-0.4, -0.2) is 87.9 Å². The number of esters is 1. The molecule has 1 atom stereocenters. The fourth-order valence-corrected chi connectivity index (χ4v) is 4.05. The first-order valence-corrected chi connectivity index (χ1v) is 11.4. The lowest BCUT2D eigenvalue weighted by molar-refractivity contribution is -0.135. The van der Waals surface area contributed by atoms with E-state index in [1.165, 1.54) is 9.21 Å². The third kappa shape index (κ3) is 6.15. The van der Waals surface area contributed by atoms with Gasteiger partial charge in [-0.3, -0.25) is 4.79 Å². The van der Waals surface area contributed by atoms with Crippen LogP contribution in [0.15, 0.2) is 24.3 Å². The van der Waals surface area contributed by atoms with Crippen LogP contribution in [0.3, 0.4) is 0 Å². The molecule has 2 heterocycles. The highest BCUT2D eigenvalue weighted by atomic mass is 32.2. The van der Waals surface area contributed by atoms with Crippen LogP contribution in [0, 0.1) is 0 Å². The van der Waals surface area contributed by atoms with E-state index in [-0.39, 0.29) is 44.8 Å². The molecule has 9 nitrogen and oxygen atoms in total. The van der Waals surface area contributed by atoms with Crippen molar-refractivity contribution in [2.45, 2.75) is 18.9 Å². The Balaban J connectivity index is 1.41. The van der Waals surface area contributed by atoms with Gasteiger partial charge in [-0.2, -0.15) is 4.31 Å². The van der Waals surface area contributed by atoms with Gasteiger partial charge in [-0.15, -0.1) is 0 Å². The summed E-state index contributed by atoms with van der Waals surface area (Å²) < 4.78 is 40.6. The van der Waals surface area contributed by atoms with Crippen molar-refractivity contribution in [3.05, 3.63) is 29.8 Å². The van der Waals surface area contributed by atoms with Gasteiger partial charge in [-0.05, 0) is 37.1 Å². The Morgan fingerprint density at radius 2 is 1.83 bits per heavy atom. The van der Waals surface area contributed by atoms with Crippen molar-refractivity contribution in [1.82, 2.24) is 9.21 Å². The Bertz CT molecular complexity index is 811. The molecule has 0 bridgehead atoms. The molecular weight excluding hydrogens is 400 g/mol. The summed E-state index contributed by atoms with van der Waals surface area (Å²) in [7, 11) is -3.26. The van der Waals surface area contributed by atoms with Gasteiger partial charge >= 0.3 is 5.97 Å². The molecule has 0 aromatic heterocycles. The minimum atomic E-state index is -3.26. The first kappa shape index (κ1) is 21.5. The normalized spacial score (nSPS) is 20.4. The van der Waals surface area contributed by atoms with E-state index in [9.17, 15) is 18.0 Å². The molecule has 0 aliphatic carbocycles. The zero-order valence-corrected chi connectivity index (χ0v) is 17.2. The molecule has 2 fully saturated rings. The fraction of sp³-hybridized carbons (Fsp3) is 0.579. The van der Waals surface area contributed by atoms with E-state index in [0.717, 1.165) is 25.7 Å². The standard InChI is InChI=1S/C19H26N2O7S/c1-29(24,25)21-10-8-20(9-11-21)18(22)14-28-19(23)15-4-6-16(7-5-15)27-13-17-3-2-12-26-17/h4-7,17H,2-3,8-14H2,1H3. The maximum Gasteiger partial charge on any atom is 0.338 e. The van der Waals surface area contributed by atoms with Crippen molar-refractivity contribution in [1.29, 1.82) is 0 Å². The molecule has 1 unspecified atom stereocenters. The Kier molecular flexibility index (Phi) is 7.09. The van der Waals surface area contributed by atoms with Crippen LogP contribution in [0.1, 0.15) is 23.2 Å². The molecular formula is C19H26N2O7S. The van der Waals surface area contributed by atoms with E-state index >= 15 is 0 Å². The maximum atomic E-state index is 12.2. The molecule has 2 aliphatic heterocycles. The highest BCUT2D eigenvalue weighted by Crippen LogP contribution is 2.17. The van der Waals surface area contributed by atoms with Gasteiger partial charge in [0.05, 0.1) is 17.9 Å². The molecule has 29 heavy (non-hydrogen) atoms. The number of carbonyl (C=O) groups is 2. The van der Waals surface area contributed by atoms with E-state index in [0.29, 0.717) is 17.9 Å². The number of amides is 1. The lowest BCUT2D eigenvalue weighted by Crippen LogP contribution is -2.51. The Labute approximate surface area is 170 Å². The molecule has 10 heteroatoms. The van der Waals surface area contributed by atoms with E-state index < -0.39 is 16.0 Å². The number of benzene rings is 1. The maximum absolute atomic E-state index is 12.2. The van der Waals surface area contributed by atoms with E-state index in [1.54, 1.807) is 24.3 Å². The topological polar surface area (TPSA) is 102 Å². The quantitative estimate of drug-likeness (QED) is 0.585. The van der Waals surface area contributed by atoms with Crippen molar-refractivity contribution in [2.75, 3.05) is 52.3 Å². The molecule has 0 saturated carbocycles. The molecule has 0 N–H and O–H groups in total. The van der Waals surface area contributed by atoms with E-state index in [4.69, 9.17) is 14.2 Å². The predicted molar refractivity (Wildman–Crippen MR) is 104 cm³/mol. The van der Waals surface area contributed by atoms with Crippen molar-refractivity contribution < 1.29 is 32.2 Å². The molecule has 0 radical (unpaired) electrons. The Morgan fingerprint density at radius 3 is 2.41 bits per heavy atom. The average Bonchev–Trinajstić information content (AvgIpc) is 3.24. The first-order chi connectivity index (χ1) is 13.8. The summed E-state index contributed by atoms with van der Waals surface area (Å²) in [6.45, 7) is 1.91. The highest BCUT2D eigenvalue weighted by molar-refractivity contribution is 7.88. The number of nitrogens with zero attached hydrogens (tertiary/aromatic N) is 2. The lowest BCUT2D eigenvalue weighted by Gasteiger charge is -2.33. The molecule has 160 valence electrons. The van der Waals surface area contributed by atoms with Crippen LogP contribution >= 0.6 is 0 Å². The molecule has 2 aliphatic rings. The Morgan fingerprint density at radius 1 is 1.14 bits per heavy atom. The summed E-state index contributed by atoms with van der Waals surface area (Å²) in [5.74, 6) is -0.307. The minimum absolute atomic E-state index is 0.116. The summed E-state index contributed by atoms with van der Waals surface area (Å²) in [6, 6.07) is 6.53. The fourth-order valence-electron chi connectivity index (χ4n) is 3.22. The second-order valence-corrected chi connectivity index (χ2v) is 9.07. The van der Waals surface area contributed by atoms with Gasteiger partial charge < -0.3 is 19.1 Å². The molecule has 1 aromatic carbocycles. The van der Waals surface area contributed by atoms with Gasteiger partial charge in [0, 0.05) is 32.8 Å². The summed E-state index contributed by atoms with van der Waals surface area (Å²) in [4.78, 5) is 25.9. The Hall–Kier alpha value is -2.17. The van der Waals surface area contributed by atoms with Gasteiger partial charge in [0.1, 0.15) is 12.4 Å². The van der Waals surface area contributed by atoms with Gasteiger partial charge in [-0.25, -0.2) is 13.2 Å². The number of carbonyl (C=O) groups excluding carboxylic acids is 2. The van der Waals surface area contributed by atoms with Crippen molar-refractivity contribution in [3.8, 4) is 5.75 Å². The second-order valence-electron chi connectivity index (χ2n) is 7.09. The van der Waals surface area contributed by atoms with Crippen LogP contribution in [0.4, 0.5) is 0 Å². The summed E-state index contributed by atoms with van der Waals surface area (Å²) >= 11 is 0. The van der Waals surface area contributed by atoms with Crippen LogP contribution in [0.2, 0.25) is 0 Å². The summed E-state index contributed by atoms with van der Waals surface area (Å²) in [6.07, 6.45) is 3.29. The number of sulfonamides is 1. The third-order valence-electron chi connectivity index (χ3n) is 4.94. The van der Waals surface area contributed by atoms with Crippen LogP contribution in [-0.2, 0) is 24.3 Å². The monoisotopic (exact) mass is 426 g/mol. The summed E-state index contributed by atoms with van der Waals surface area (Å²) in [5.41, 5.74) is 0.323. The SMILES string of the molecule is CS(=O)(=O)N1CCN(C(=O)COC(=O)c2ccc(OCC3CCCO3)cc2)CC1. The number of hydrogen-bond acceptors (Lipinski definition) is 7. The van der Waals surface area contributed by atoms with Crippen molar-refractivity contribution >= 4 is 21.9 Å². The largest absolute Gasteiger partial charge is 0.491 e. The number of rotatable bonds is 7. The number of ether oxygens (including phenoxy) is 3. The molecule has 2 saturated heterocycles. The zero-order chi connectivity index (χ0) is 20.9. The number of piperazine rings is 1. The smallest absolute Gasteiger partial charge is 0.338 e. The highest BCUT2D eigenvalue weighted by Gasteiger charge is 2.26. The van der Waals surface area contributed by atoms with Crippen molar-refractivity contribution in [2.24, 2.45) is 0 Å². The minimum Gasteiger partial charge on any atom is -0.491 e. The third-order valence-corrected chi connectivity index (χ3v) is 6.24.